The molecule has 0 aliphatic carbocycles. The Morgan fingerprint density at radius 1 is 0.905 bits per heavy atom. The van der Waals surface area contributed by atoms with Gasteiger partial charge in [0.15, 0.2) is 0 Å². The zero-order valence-corrected chi connectivity index (χ0v) is 13.0. The third kappa shape index (κ3) is 2.31. The van der Waals surface area contributed by atoms with Crippen molar-refractivity contribution in [2.45, 2.75) is 12.1 Å². The summed E-state index contributed by atoms with van der Waals surface area (Å²) in [5.41, 5.74) is 2.36. The summed E-state index contributed by atoms with van der Waals surface area (Å²) in [7, 11) is 0. The Bertz CT molecular complexity index is 656. The van der Waals surface area contributed by atoms with Crippen molar-refractivity contribution in [3.8, 4) is 0 Å². The molecule has 0 amide bonds. The first-order chi connectivity index (χ1) is 10.3. The average molecular weight is 343 g/mol. The molecule has 4 rings (SSSR count). The first kappa shape index (κ1) is 12.8. The molecule has 2 aliphatic rings. The maximum absolute atomic E-state index is 4.45. The molecular weight excluding hydrogens is 328 g/mol. The van der Waals surface area contributed by atoms with Crippen molar-refractivity contribution >= 4 is 27.3 Å². The van der Waals surface area contributed by atoms with Gasteiger partial charge in [-0.15, -0.1) is 0 Å². The van der Waals surface area contributed by atoms with Crippen LogP contribution in [-0.4, -0.2) is 25.2 Å². The second-order valence-corrected chi connectivity index (χ2v) is 6.32. The van der Waals surface area contributed by atoms with E-state index in [-0.39, 0.29) is 6.04 Å². The highest BCUT2D eigenvalue weighted by Gasteiger charge is 2.41. The van der Waals surface area contributed by atoms with Crippen LogP contribution in [0.5, 0.6) is 0 Å². The first-order valence-corrected chi connectivity index (χ1v) is 7.86. The van der Waals surface area contributed by atoms with E-state index in [1.54, 1.807) is 0 Å². The minimum Gasteiger partial charge on any atom is -0.367 e. The Hall–Kier alpha value is -1.88. The van der Waals surface area contributed by atoms with Crippen LogP contribution in [0.25, 0.3) is 0 Å². The monoisotopic (exact) mass is 342 g/mol. The van der Waals surface area contributed by atoms with Gasteiger partial charge in [-0.2, -0.15) is 5.11 Å². The van der Waals surface area contributed by atoms with Gasteiger partial charge in [-0.3, -0.25) is 0 Å². The number of hydrogen-bond acceptors (Lipinski definition) is 4. The van der Waals surface area contributed by atoms with Crippen LogP contribution in [0.15, 0.2) is 69.4 Å². The van der Waals surface area contributed by atoms with E-state index >= 15 is 0 Å². The Morgan fingerprint density at radius 3 is 2.43 bits per heavy atom. The standard InChI is InChI=1S/C16H15BrN4/c17-12-6-8-14(9-7-12)21-16-11-20(10-15(16)18-19-21)13-4-2-1-3-5-13/h1-9,15-16H,10-11H2/t15-,16+/m0/s1. The zero-order chi connectivity index (χ0) is 14.2. The summed E-state index contributed by atoms with van der Waals surface area (Å²) in [5.74, 6) is 0. The minimum atomic E-state index is 0.258. The molecule has 2 aromatic carbocycles. The van der Waals surface area contributed by atoms with Crippen molar-refractivity contribution in [1.82, 2.24) is 0 Å². The van der Waals surface area contributed by atoms with Gasteiger partial charge in [0.25, 0.3) is 0 Å². The molecule has 0 bridgehead atoms. The number of halogens is 1. The molecule has 0 N–H and O–H groups in total. The van der Waals surface area contributed by atoms with Crippen LogP contribution in [0, 0.1) is 0 Å². The predicted molar refractivity (Wildman–Crippen MR) is 87.7 cm³/mol. The second kappa shape index (κ2) is 5.15. The highest BCUT2D eigenvalue weighted by Crippen LogP contribution is 2.33. The van der Waals surface area contributed by atoms with E-state index in [2.05, 4.69) is 72.6 Å². The molecule has 2 aliphatic heterocycles. The summed E-state index contributed by atoms with van der Waals surface area (Å²) in [6.07, 6.45) is 0. The molecule has 106 valence electrons. The second-order valence-electron chi connectivity index (χ2n) is 5.40. The van der Waals surface area contributed by atoms with Crippen LogP contribution in [0.3, 0.4) is 0 Å². The maximum atomic E-state index is 4.45. The van der Waals surface area contributed by atoms with Crippen LogP contribution in [-0.2, 0) is 0 Å². The van der Waals surface area contributed by atoms with Crippen molar-refractivity contribution in [3.63, 3.8) is 0 Å². The van der Waals surface area contributed by atoms with Gasteiger partial charge in [-0.25, -0.2) is 5.01 Å². The molecule has 0 saturated carbocycles. The van der Waals surface area contributed by atoms with Crippen molar-refractivity contribution in [1.29, 1.82) is 0 Å². The smallest absolute Gasteiger partial charge is 0.115 e. The topological polar surface area (TPSA) is 31.2 Å². The number of benzene rings is 2. The van der Waals surface area contributed by atoms with Gasteiger partial charge in [0, 0.05) is 23.2 Å². The van der Waals surface area contributed by atoms with Gasteiger partial charge in [0.05, 0.1) is 11.7 Å². The Kier molecular flexibility index (Phi) is 3.15. The van der Waals surface area contributed by atoms with Crippen LogP contribution >= 0.6 is 15.9 Å². The first-order valence-electron chi connectivity index (χ1n) is 7.07. The molecule has 5 heteroatoms. The van der Waals surface area contributed by atoms with Crippen molar-refractivity contribution in [2.24, 2.45) is 10.3 Å². The fraction of sp³-hybridized carbons (Fsp3) is 0.250. The summed E-state index contributed by atoms with van der Waals surface area (Å²) < 4.78 is 1.08. The van der Waals surface area contributed by atoms with Crippen molar-refractivity contribution in [3.05, 3.63) is 59.1 Å². The Balaban J connectivity index is 1.56. The van der Waals surface area contributed by atoms with Crippen molar-refractivity contribution in [2.75, 3.05) is 23.0 Å². The molecule has 1 saturated heterocycles. The number of fused-ring (bicyclic) bond motifs is 1. The molecule has 21 heavy (non-hydrogen) atoms. The number of anilines is 2. The molecule has 2 heterocycles. The summed E-state index contributed by atoms with van der Waals surface area (Å²) in [5, 5.41) is 10.9. The van der Waals surface area contributed by atoms with Gasteiger partial charge < -0.3 is 4.90 Å². The number of para-hydroxylation sites is 1. The molecule has 2 atom stereocenters. The van der Waals surface area contributed by atoms with Gasteiger partial charge >= 0.3 is 0 Å². The van der Waals surface area contributed by atoms with Gasteiger partial charge in [-0.1, -0.05) is 39.4 Å². The lowest BCUT2D eigenvalue weighted by molar-refractivity contribution is 0.671. The van der Waals surface area contributed by atoms with E-state index in [0.29, 0.717) is 6.04 Å². The number of rotatable bonds is 2. The molecule has 0 unspecified atom stereocenters. The third-order valence-electron chi connectivity index (χ3n) is 4.08. The SMILES string of the molecule is Brc1ccc(N2N=N[C@H]3CN(c4ccccc4)C[C@H]32)cc1. The highest BCUT2D eigenvalue weighted by atomic mass is 79.9. The van der Waals surface area contributed by atoms with E-state index in [1.807, 2.05) is 18.2 Å². The van der Waals surface area contributed by atoms with E-state index < -0.39 is 0 Å². The number of nitrogens with zero attached hydrogens (tertiary/aromatic N) is 4. The fourth-order valence-electron chi connectivity index (χ4n) is 3.00. The zero-order valence-electron chi connectivity index (χ0n) is 11.4. The summed E-state index contributed by atoms with van der Waals surface area (Å²) in [6, 6.07) is 19.4. The molecule has 4 nitrogen and oxygen atoms in total. The van der Waals surface area contributed by atoms with Crippen molar-refractivity contribution < 1.29 is 0 Å². The molecule has 1 fully saturated rings. The molecule has 0 spiro atoms. The molecule has 0 aromatic heterocycles. The largest absolute Gasteiger partial charge is 0.367 e. The van der Waals surface area contributed by atoms with E-state index in [1.165, 1.54) is 5.69 Å². The van der Waals surface area contributed by atoms with Gasteiger partial charge in [-0.05, 0) is 36.4 Å². The summed E-state index contributed by atoms with van der Waals surface area (Å²) in [4.78, 5) is 2.39. The lowest BCUT2D eigenvalue weighted by Gasteiger charge is -2.23. The average Bonchev–Trinajstić information content (AvgIpc) is 3.09. The summed E-state index contributed by atoms with van der Waals surface area (Å²) in [6.45, 7) is 1.89. The molecule has 2 aromatic rings. The Morgan fingerprint density at radius 2 is 1.67 bits per heavy atom. The van der Waals surface area contributed by atoms with Crippen LogP contribution in [0.1, 0.15) is 0 Å². The Labute approximate surface area is 132 Å². The normalized spacial score (nSPS) is 23.7. The van der Waals surface area contributed by atoms with Crippen LogP contribution < -0.4 is 9.91 Å². The fourth-order valence-corrected chi connectivity index (χ4v) is 3.26. The quantitative estimate of drug-likeness (QED) is 0.828. The molecule has 0 radical (unpaired) electrons. The molecular formula is C16H15BrN4. The van der Waals surface area contributed by atoms with E-state index in [4.69, 9.17) is 0 Å². The van der Waals surface area contributed by atoms with Crippen LogP contribution in [0.2, 0.25) is 0 Å². The highest BCUT2D eigenvalue weighted by molar-refractivity contribution is 9.10. The van der Waals surface area contributed by atoms with E-state index in [9.17, 15) is 0 Å². The minimum absolute atomic E-state index is 0.258. The van der Waals surface area contributed by atoms with E-state index in [0.717, 1.165) is 23.2 Å². The summed E-state index contributed by atoms with van der Waals surface area (Å²) >= 11 is 3.47. The lowest BCUT2D eigenvalue weighted by atomic mass is 10.1. The lowest BCUT2D eigenvalue weighted by Crippen LogP contribution is -2.34. The van der Waals surface area contributed by atoms with Gasteiger partial charge in [0.1, 0.15) is 6.04 Å². The third-order valence-corrected chi connectivity index (χ3v) is 4.61. The van der Waals surface area contributed by atoms with Gasteiger partial charge in [0.2, 0.25) is 0 Å². The predicted octanol–water partition coefficient (Wildman–Crippen LogP) is 3.89. The number of hydrogen-bond donors (Lipinski definition) is 0. The van der Waals surface area contributed by atoms with Crippen LogP contribution in [0.4, 0.5) is 11.4 Å². The maximum Gasteiger partial charge on any atom is 0.115 e.